The van der Waals surface area contributed by atoms with Crippen LogP contribution in [0.25, 0.3) is 0 Å². The van der Waals surface area contributed by atoms with Crippen molar-refractivity contribution in [3.8, 4) is 0 Å². The molecule has 1 amide bonds. The van der Waals surface area contributed by atoms with Gasteiger partial charge in [0.05, 0.1) is 11.8 Å². The second-order valence-corrected chi connectivity index (χ2v) is 4.35. The van der Waals surface area contributed by atoms with Gasteiger partial charge in [-0.05, 0) is 11.7 Å². The van der Waals surface area contributed by atoms with E-state index >= 15 is 0 Å². The molecule has 3 heteroatoms. The Morgan fingerprint density at radius 2 is 2.50 bits per heavy atom. The summed E-state index contributed by atoms with van der Waals surface area (Å²) in [7, 11) is 0. The third kappa shape index (κ3) is 0.839. The maximum atomic E-state index is 10.9. The second kappa shape index (κ2) is 2.16. The van der Waals surface area contributed by atoms with Crippen LogP contribution in [0.1, 0.15) is 13.3 Å². The van der Waals surface area contributed by atoms with Gasteiger partial charge in [0.15, 0.2) is 0 Å². The number of hydrogen-bond acceptors (Lipinski definition) is 2. The smallest absolute Gasteiger partial charge is 0.226 e. The number of carbonyl (C=O) groups is 1. The molecular formula is C7H11NOS. The molecular weight excluding hydrogens is 146 g/mol. The molecule has 0 aliphatic carbocycles. The molecule has 1 unspecified atom stereocenters. The lowest BCUT2D eigenvalue weighted by atomic mass is 10.1. The molecule has 2 atom stereocenters. The van der Waals surface area contributed by atoms with Crippen molar-refractivity contribution >= 4 is 17.7 Å². The number of carbonyl (C=O) groups excluding carboxylic acids is 1. The minimum atomic E-state index is 0.351. The number of nitrogens with zero attached hydrogens (tertiary/aromatic N) is 1. The van der Waals surface area contributed by atoms with Gasteiger partial charge in [-0.25, -0.2) is 0 Å². The fraction of sp³-hybridized carbons (Fsp3) is 0.857. The van der Waals surface area contributed by atoms with Gasteiger partial charge in [0, 0.05) is 6.54 Å². The molecule has 2 heterocycles. The normalized spacial score (nSPS) is 38.9. The highest BCUT2D eigenvalue weighted by Gasteiger charge is 2.39. The molecule has 2 nitrogen and oxygen atoms in total. The highest BCUT2D eigenvalue weighted by atomic mass is 32.2. The SMILES string of the molecule is CC1CS[C@@H]2CC(=O)N2C1. The Morgan fingerprint density at radius 1 is 1.70 bits per heavy atom. The molecule has 10 heavy (non-hydrogen) atoms. The van der Waals surface area contributed by atoms with Gasteiger partial charge in [0.25, 0.3) is 0 Å². The maximum absolute atomic E-state index is 10.9. The van der Waals surface area contributed by atoms with E-state index in [1.54, 1.807) is 0 Å². The molecule has 0 aromatic rings. The fourth-order valence-corrected chi connectivity index (χ4v) is 2.76. The monoisotopic (exact) mass is 157 g/mol. The second-order valence-electron chi connectivity index (χ2n) is 3.14. The average Bonchev–Trinajstić information content (AvgIpc) is 1.92. The molecule has 0 radical (unpaired) electrons. The first-order valence-electron chi connectivity index (χ1n) is 3.68. The predicted octanol–water partition coefficient (Wildman–Crippen LogP) is 0.928. The molecule has 56 valence electrons. The van der Waals surface area contributed by atoms with E-state index in [9.17, 15) is 4.79 Å². The van der Waals surface area contributed by atoms with Crippen LogP contribution < -0.4 is 0 Å². The van der Waals surface area contributed by atoms with Gasteiger partial charge in [-0.3, -0.25) is 4.79 Å². The summed E-state index contributed by atoms with van der Waals surface area (Å²) in [6, 6.07) is 0. The van der Waals surface area contributed by atoms with Crippen LogP contribution in [0.2, 0.25) is 0 Å². The van der Waals surface area contributed by atoms with Gasteiger partial charge in [-0.15, -0.1) is 11.8 Å². The molecule has 2 saturated heterocycles. The van der Waals surface area contributed by atoms with Crippen molar-refractivity contribution in [2.45, 2.75) is 18.7 Å². The average molecular weight is 157 g/mol. The fourth-order valence-electron chi connectivity index (χ4n) is 1.46. The molecule has 2 aliphatic rings. The first-order valence-corrected chi connectivity index (χ1v) is 4.73. The summed E-state index contributed by atoms with van der Waals surface area (Å²) in [4.78, 5) is 12.9. The number of β-lactam (4-membered cyclic amide) rings is 1. The largest absolute Gasteiger partial charge is 0.330 e. The molecule has 2 fully saturated rings. The molecule has 2 rings (SSSR count). The molecule has 0 saturated carbocycles. The first kappa shape index (κ1) is 6.53. The summed E-state index contributed by atoms with van der Waals surface area (Å²) in [5.74, 6) is 2.28. The number of thioether (sulfide) groups is 1. The minimum Gasteiger partial charge on any atom is -0.330 e. The van der Waals surface area contributed by atoms with Crippen molar-refractivity contribution in [2.75, 3.05) is 12.3 Å². The van der Waals surface area contributed by atoms with Crippen LogP contribution in [0.3, 0.4) is 0 Å². The van der Waals surface area contributed by atoms with Crippen LogP contribution in [0, 0.1) is 5.92 Å². The van der Waals surface area contributed by atoms with Crippen LogP contribution in [-0.2, 0) is 4.79 Å². The maximum Gasteiger partial charge on any atom is 0.226 e. The number of amides is 1. The molecule has 0 aromatic carbocycles. The number of fused-ring (bicyclic) bond motifs is 1. The Morgan fingerprint density at radius 3 is 3.10 bits per heavy atom. The summed E-state index contributed by atoms with van der Waals surface area (Å²) >= 11 is 1.93. The van der Waals surface area contributed by atoms with Gasteiger partial charge >= 0.3 is 0 Å². The quantitative estimate of drug-likeness (QED) is 0.487. The van der Waals surface area contributed by atoms with Gasteiger partial charge in [0.2, 0.25) is 5.91 Å². The summed E-state index contributed by atoms with van der Waals surface area (Å²) in [6.07, 6.45) is 0.789. The number of rotatable bonds is 0. The van der Waals surface area contributed by atoms with Crippen LogP contribution >= 0.6 is 11.8 Å². The zero-order valence-electron chi connectivity index (χ0n) is 6.04. The van der Waals surface area contributed by atoms with Crippen LogP contribution in [0.15, 0.2) is 0 Å². The molecule has 0 aromatic heterocycles. The Bertz CT molecular complexity index is 171. The van der Waals surface area contributed by atoms with E-state index < -0.39 is 0 Å². The third-order valence-corrected chi connectivity index (χ3v) is 3.67. The lowest BCUT2D eigenvalue weighted by molar-refractivity contribution is -0.142. The third-order valence-electron chi connectivity index (χ3n) is 2.10. The van der Waals surface area contributed by atoms with Gasteiger partial charge < -0.3 is 4.90 Å². The Kier molecular flexibility index (Phi) is 1.41. The minimum absolute atomic E-state index is 0.351. The van der Waals surface area contributed by atoms with E-state index in [-0.39, 0.29) is 0 Å². The van der Waals surface area contributed by atoms with E-state index in [1.807, 2.05) is 16.7 Å². The summed E-state index contributed by atoms with van der Waals surface area (Å²) in [5.41, 5.74) is 0. The zero-order chi connectivity index (χ0) is 7.14. The van der Waals surface area contributed by atoms with E-state index in [2.05, 4.69) is 6.92 Å². The molecule has 0 bridgehead atoms. The van der Waals surface area contributed by atoms with Gasteiger partial charge in [-0.2, -0.15) is 0 Å². The zero-order valence-corrected chi connectivity index (χ0v) is 6.86. The molecule has 0 N–H and O–H groups in total. The van der Waals surface area contributed by atoms with Gasteiger partial charge in [-0.1, -0.05) is 6.92 Å². The molecule has 0 spiro atoms. The van der Waals surface area contributed by atoms with Crippen LogP contribution in [0.4, 0.5) is 0 Å². The van der Waals surface area contributed by atoms with E-state index in [4.69, 9.17) is 0 Å². The summed E-state index contributed by atoms with van der Waals surface area (Å²) < 4.78 is 0. The first-order chi connectivity index (χ1) is 4.77. The topological polar surface area (TPSA) is 20.3 Å². The highest BCUT2D eigenvalue weighted by Crippen LogP contribution is 2.35. The molecule has 2 aliphatic heterocycles. The standard InChI is InChI=1S/C7H11NOS/c1-5-3-8-6(9)2-7(8)10-4-5/h5,7H,2-4H2,1H3/t5?,7-/m1/s1. The van der Waals surface area contributed by atoms with Crippen molar-refractivity contribution in [2.24, 2.45) is 5.92 Å². The van der Waals surface area contributed by atoms with Crippen molar-refractivity contribution in [3.05, 3.63) is 0 Å². The summed E-state index contributed by atoms with van der Waals surface area (Å²) in [6.45, 7) is 3.20. The van der Waals surface area contributed by atoms with E-state index in [0.717, 1.165) is 13.0 Å². The van der Waals surface area contributed by atoms with Crippen molar-refractivity contribution in [1.29, 1.82) is 0 Å². The van der Waals surface area contributed by atoms with Crippen molar-refractivity contribution < 1.29 is 4.79 Å². The van der Waals surface area contributed by atoms with E-state index in [0.29, 0.717) is 17.2 Å². The summed E-state index contributed by atoms with van der Waals surface area (Å²) in [5, 5.41) is 0.545. The Balaban J connectivity index is 2.00. The van der Waals surface area contributed by atoms with Crippen LogP contribution in [-0.4, -0.2) is 28.5 Å². The Hall–Kier alpha value is -0.180. The van der Waals surface area contributed by atoms with Crippen molar-refractivity contribution in [3.63, 3.8) is 0 Å². The lowest BCUT2D eigenvalue weighted by Crippen LogP contribution is -2.55. The number of hydrogen-bond donors (Lipinski definition) is 0. The van der Waals surface area contributed by atoms with Crippen LogP contribution in [0.5, 0.6) is 0 Å². The highest BCUT2D eigenvalue weighted by molar-refractivity contribution is 8.00. The predicted molar refractivity (Wildman–Crippen MR) is 41.7 cm³/mol. The lowest BCUT2D eigenvalue weighted by Gasteiger charge is -2.45. The van der Waals surface area contributed by atoms with Crippen molar-refractivity contribution in [1.82, 2.24) is 4.90 Å². The Labute approximate surface area is 65.0 Å². The van der Waals surface area contributed by atoms with Gasteiger partial charge in [0.1, 0.15) is 0 Å². The van der Waals surface area contributed by atoms with E-state index in [1.165, 1.54) is 5.75 Å².